The topological polar surface area (TPSA) is 60.9 Å². The molecular weight excluding hydrogens is 354 g/mol. The van der Waals surface area contributed by atoms with Gasteiger partial charge in [-0.15, -0.1) is 0 Å². The summed E-state index contributed by atoms with van der Waals surface area (Å²) in [6, 6.07) is 10.0. The van der Waals surface area contributed by atoms with E-state index in [2.05, 4.69) is 0 Å². The molecule has 3 amide bonds. The normalized spacial score (nSPS) is 26.6. The Labute approximate surface area is 166 Å². The van der Waals surface area contributed by atoms with Crippen LogP contribution in [0, 0.1) is 11.3 Å². The minimum Gasteiger partial charge on any atom is -0.342 e. The zero-order valence-electron chi connectivity index (χ0n) is 16.6. The average Bonchev–Trinajstić information content (AvgIpc) is 3.40. The molecular formula is C22H29N3O3. The molecule has 0 aliphatic carbocycles. The highest BCUT2D eigenvalue weighted by atomic mass is 16.2. The van der Waals surface area contributed by atoms with Gasteiger partial charge in [-0.2, -0.15) is 0 Å². The predicted octanol–water partition coefficient (Wildman–Crippen LogP) is 1.55. The molecule has 1 aromatic carbocycles. The van der Waals surface area contributed by atoms with E-state index in [9.17, 15) is 14.4 Å². The average molecular weight is 383 g/mol. The third-order valence-electron chi connectivity index (χ3n) is 6.70. The SMILES string of the molecule is CC(=O)N1C[C@H]2CN(C(=O)CCc3ccccc3)C[C@@]2(C(=O)N2CCCC2)C1. The molecule has 28 heavy (non-hydrogen) atoms. The second-order valence-electron chi connectivity index (χ2n) is 8.51. The van der Waals surface area contributed by atoms with Crippen LogP contribution >= 0.6 is 0 Å². The van der Waals surface area contributed by atoms with Crippen LogP contribution in [0.2, 0.25) is 0 Å². The summed E-state index contributed by atoms with van der Waals surface area (Å²) in [5.41, 5.74) is 0.541. The standard InChI is InChI=1S/C22H29N3O3/c1-17(26)24-13-19-14-25(20(27)10-9-18-7-3-2-4-8-18)16-22(19,15-24)21(28)23-11-5-6-12-23/h2-4,7-8,19H,5-6,9-16H2,1H3/t19-,22-/m0/s1. The van der Waals surface area contributed by atoms with Crippen LogP contribution in [0.1, 0.15) is 31.7 Å². The van der Waals surface area contributed by atoms with Gasteiger partial charge in [-0.25, -0.2) is 0 Å². The number of nitrogens with zero attached hydrogens (tertiary/aromatic N) is 3. The first-order valence-corrected chi connectivity index (χ1v) is 10.4. The summed E-state index contributed by atoms with van der Waals surface area (Å²) in [5, 5.41) is 0. The van der Waals surface area contributed by atoms with E-state index in [0.717, 1.165) is 31.5 Å². The Morgan fingerprint density at radius 3 is 2.29 bits per heavy atom. The fourth-order valence-electron chi connectivity index (χ4n) is 5.09. The molecule has 3 heterocycles. The number of carbonyl (C=O) groups excluding carboxylic acids is 3. The molecule has 0 bridgehead atoms. The van der Waals surface area contributed by atoms with Crippen LogP contribution in [0.15, 0.2) is 30.3 Å². The van der Waals surface area contributed by atoms with E-state index in [1.165, 1.54) is 0 Å². The van der Waals surface area contributed by atoms with Gasteiger partial charge in [0.05, 0.1) is 5.41 Å². The van der Waals surface area contributed by atoms with E-state index < -0.39 is 5.41 Å². The van der Waals surface area contributed by atoms with Gasteiger partial charge in [0, 0.05) is 58.5 Å². The fourth-order valence-corrected chi connectivity index (χ4v) is 5.09. The van der Waals surface area contributed by atoms with E-state index >= 15 is 0 Å². The Morgan fingerprint density at radius 1 is 0.964 bits per heavy atom. The third-order valence-corrected chi connectivity index (χ3v) is 6.70. The van der Waals surface area contributed by atoms with Gasteiger partial charge in [0.15, 0.2) is 0 Å². The van der Waals surface area contributed by atoms with Crippen molar-refractivity contribution in [1.29, 1.82) is 0 Å². The maximum atomic E-state index is 13.4. The highest BCUT2D eigenvalue weighted by Crippen LogP contribution is 2.44. The molecule has 0 aromatic heterocycles. The molecule has 0 saturated carbocycles. The fraction of sp³-hybridized carbons (Fsp3) is 0.591. The second kappa shape index (κ2) is 7.57. The maximum absolute atomic E-state index is 13.4. The van der Waals surface area contributed by atoms with Crippen molar-refractivity contribution in [3.63, 3.8) is 0 Å². The van der Waals surface area contributed by atoms with Crippen LogP contribution in [0.5, 0.6) is 0 Å². The zero-order chi connectivity index (χ0) is 19.7. The van der Waals surface area contributed by atoms with Crippen LogP contribution in [0.3, 0.4) is 0 Å². The van der Waals surface area contributed by atoms with Crippen LogP contribution in [0.4, 0.5) is 0 Å². The van der Waals surface area contributed by atoms with E-state index in [1.807, 2.05) is 40.1 Å². The number of benzene rings is 1. The van der Waals surface area contributed by atoms with Crippen LogP contribution in [0.25, 0.3) is 0 Å². The Bertz CT molecular complexity index is 760. The maximum Gasteiger partial charge on any atom is 0.232 e. The lowest BCUT2D eigenvalue weighted by Crippen LogP contribution is -2.49. The molecule has 1 aromatic rings. The quantitative estimate of drug-likeness (QED) is 0.793. The summed E-state index contributed by atoms with van der Waals surface area (Å²) >= 11 is 0. The first kappa shape index (κ1) is 19.0. The summed E-state index contributed by atoms with van der Waals surface area (Å²) in [6.45, 7) is 5.23. The summed E-state index contributed by atoms with van der Waals surface area (Å²) in [4.78, 5) is 43.9. The highest BCUT2D eigenvalue weighted by Gasteiger charge is 2.59. The summed E-state index contributed by atoms with van der Waals surface area (Å²) < 4.78 is 0. The highest BCUT2D eigenvalue weighted by molar-refractivity contribution is 5.88. The van der Waals surface area contributed by atoms with Crippen molar-refractivity contribution < 1.29 is 14.4 Å². The Balaban J connectivity index is 1.47. The molecule has 6 heteroatoms. The lowest BCUT2D eigenvalue weighted by atomic mass is 9.79. The number of hydrogen-bond acceptors (Lipinski definition) is 3. The summed E-state index contributed by atoms with van der Waals surface area (Å²) in [5.74, 6) is 0.327. The van der Waals surface area contributed by atoms with Crippen molar-refractivity contribution >= 4 is 17.7 Å². The monoisotopic (exact) mass is 383 g/mol. The lowest BCUT2D eigenvalue weighted by Gasteiger charge is -2.32. The number of rotatable bonds is 4. The Hall–Kier alpha value is -2.37. The molecule has 3 aliphatic heterocycles. The first-order chi connectivity index (χ1) is 13.5. The minimum absolute atomic E-state index is 0.0185. The smallest absolute Gasteiger partial charge is 0.232 e. The number of amides is 3. The van der Waals surface area contributed by atoms with E-state index in [-0.39, 0.29) is 23.6 Å². The van der Waals surface area contributed by atoms with Crippen molar-refractivity contribution in [1.82, 2.24) is 14.7 Å². The summed E-state index contributed by atoms with van der Waals surface area (Å²) in [6.07, 6.45) is 3.26. The van der Waals surface area contributed by atoms with Crippen LogP contribution in [-0.2, 0) is 20.8 Å². The van der Waals surface area contributed by atoms with Gasteiger partial charge in [0.2, 0.25) is 17.7 Å². The van der Waals surface area contributed by atoms with Crippen molar-refractivity contribution in [2.75, 3.05) is 39.3 Å². The Kier molecular flexibility index (Phi) is 5.13. The van der Waals surface area contributed by atoms with Crippen molar-refractivity contribution in [2.45, 2.75) is 32.6 Å². The number of fused-ring (bicyclic) bond motifs is 1. The molecule has 0 radical (unpaired) electrons. The van der Waals surface area contributed by atoms with E-state index in [4.69, 9.17) is 0 Å². The van der Waals surface area contributed by atoms with Gasteiger partial charge in [0.1, 0.15) is 0 Å². The molecule has 3 fully saturated rings. The lowest BCUT2D eigenvalue weighted by molar-refractivity contribution is -0.142. The molecule has 4 rings (SSSR count). The number of aryl methyl sites for hydroxylation is 1. The molecule has 0 spiro atoms. The molecule has 3 aliphatic rings. The van der Waals surface area contributed by atoms with Gasteiger partial charge in [0.25, 0.3) is 0 Å². The molecule has 150 valence electrons. The number of hydrogen-bond donors (Lipinski definition) is 0. The van der Waals surface area contributed by atoms with Crippen molar-refractivity contribution in [3.05, 3.63) is 35.9 Å². The number of carbonyl (C=O) groups is 3. The number of likely N-dealkylation sites (tertiary alicyclic amines) is 3. The minimum atomic E-state index is -0.613. The van der Waals surface area contributed by atoms with Crippen LogP contribution in [-0.4, -0.2) is 71.7 Å². The zero-order valence-corrected chi connectivity index (χ0v) is 16.6. The molecule has 0 N–H and O–H groups in total. The largest absolute Gasteiger partial charge is 0.342 e. The van der Waals surface area contributed by atoms with E-state index in [0.29, 0.717) is 39.0 Å². The predicted molar refractivity (Wildman–Crippen MR) is 105 cm³/mol. The van der Waals surface area contributed by atoms with Crippen LogP contribution < -0.4 is 0 Å². The molecule has 3 saturated heterocycles. The van der Waals surface area contributed by atoms with Gasteiger partial charge in [-0.05, 0) is 24.8 Å². The van der Waals surface area contributed by atoms with Crippen molar-refractivity contribution in [3.8, 4) is 0 Å². The first-order valence-electron chi connectivity index (χ1n) is 10.4. The van der Waals surface area contributed by atoms with Crippen molar-refractivity contribution in [2.24, 2.45) is 11.3 Å². The van der Waals surface area contributed by atoms with Gasteiger partial charge >= 0.3 is 0 Å². The second-order valence-corrected chi connectivity index (χ2v) is 8.51. The Morgan fingerprint density at radius 2 is 1.61 bits per heavy atom. The summed E-state index contributed by atoms with van der Waals surface area (Å²) in [7, 11) is 0. The third kappa shape index (κ3) is 3.40. The molecule has 6 nitrogen and oxygen atoms in total. The van der Waals surface area contributed by atoms with Gasteiger partial charge in [-0.1, -0.05) is 30.3 Å². The van der Waals surface area contributed by atoms with Gasteiger partial charge < -0.3 is 14.7 Å². The van der Waals surface area contributed by atoms with E-state index in [1.54, 1.807) is 11.8 Å². The molecule has 2 atom stereocenters. The van der Waals surface area contributed by atoms with Gasteiger partial charge in [-0.3, -0.25) is 14.4 Å². The molecule has 0 unspecified atom stereocenters.